The Kier molecular flexibility index (Phi) is 5.86. The molecule has 0 aliphatic heterocycles. The van der Waals surface area contributed by atoms with Gasteiger partial charge in [-0.1, -0.05) is 26.2 Å². The van der Waals surface area contributed by atoms with E-state index in [1.807, 2.05) is 0 Å². The maximum atomic E-state index is 4.71. The molecule has 108 valence electrons. The summed E-state index contributed by atoms with van der Waals surface area (Å²) in [4.78, 5) is 2.31. The van der Waals surface area contributed by atoms with Crippen LogP contribution in [0.2, 0.25) is 0 Å². The number of nitrogens with zero attached hydrogens (tertiary/aromatic N) is 3. The highest BCUT2D eigenvalue weighted by atomic mass is 15.3. The molecule has 0 aromatic carbocycles. The van der Waals surface area contributed by atoms with E-state index in [1.165, 1.54) is 37.8 Å². The van der Waals surface area contributed by atoms with Gasteiger partial charge in [-0.3, -0.25) is 4.68 Å². The summed E-state index contributed by atoms with van der Waals surface area (Å²) in [5.74, 6) is 0. The van der Waals surface area contributed by atoms with Gasteiger partial charge in [0, 0.05) is 25.8 Å². The number of nitrogens with one attached hydrogen (secondary N) is 1. The van der Waals surface area contributed by atoms with Crippen LogP contribution in [-0.2, 0) is 6.54 Å². The van der Waals surface area contributed by atoms with Crippen LogP contribution < -0.4 is 5.32 Å². The molecule has 4 nitrogen and oxygen atoms in total. The van der Waals surface area contributed by atoms with Gasteiger partial charge in [-0.15, -0.1) is 0 Å². The fourth-order valence-corrected chi connectivity index (χ4v) is 2.67. The minimum Gasteiger partial charge on any atom is -0.310 e. The monoisotopic (exact) mass is 264 g/mol. The number of aromatic nitrogens is 2. The van der Waals surface area contributed by atoms with E-state index in [9.17, 15) is 0 Å². The average Bonchev–Trinajstić information content (AvgIpc) is 2.93. The van der Waals surface area contributed by atoms with E-state index in [4.69, 9.17) is 5.10 Å². The molecule has 0 radical (unpaired) electrons. The van der Waals surface area contributed by atoms with E-state index >= 15 is 0 Å². The van der Waals surface area contributed by atoms with E-state index in [0.29, 0.717) is 6.04 Å². The Hall–Kier alpha value is -0.870. The molecule has 19 heavy (non-hydrogen) atoms. The summed E-state index contributed by atoms with van der Waals surface area (Å²) in [5.41, 5.74) is 1.17. The molecular weight excluding hydrogens is 236 g/mol. The van der Waals surface area contributed by atoms with Crippen molar-refractivity contribution in [2.45, 2.75) is 51.6 Å². The molecule has 4 heteroatoms. The molecule has 1 N–H and O–H groups in total. The summed E-state index contributed by atoms with van der Waals surface area (Å²) in [6, 6.07) is 2.80. The minimum absolute atomic E-state index is 0.647. The largest absolute Gasteiger partial charge is 0.310 e. The average molecular weight is 264 g/mol. The molecule has 1 aliphatic rings. The third-order valence-corrected chi connectivity index (χ3v) is 4.13. The van der Waals surface area contributed by atoms with Gasteiger partial charge >= 0.3 is 0 Å². The van der Waals surface area contributed by atoms with Crippen molar-refractivity contribution < 1.29 is 0 Å². The van der Waals surface area contributed by atoms with Gasteiger partial charge in [-0.25, -0.2) is 0 Å². The lowest BCUT2D eigenvalue weighted by Crippen LogP contribution is -2.28. The number of rotatable bonds is 7. The van der Waals surface area contributed by atoms with Gasteiger partial charge in [0.15, 0.2) is 0 Å². The molecule has 0 amide bonds. The van der Waals surface area contributed by atoms with Crippen LogP contribution in [0.4, 0.5) is 0 Å². The first-order chi connectivity index (χ1) is 9.29. The molecule has 0 spiro atoms. The second-order valence-corrected chi connectivity index (χ2v) is 5.65. The lowest BCUT2D eigenvalue weighted by Gasteiger charge is -2.21. The first-order valence-electron chi connectivity index (χ1n) is 7.73. The van der Waals surface area contributed by atoms with Gasteiger partial charge in [-0.2, -0.15) is 5.10 Å². The van der Waals surface area contributed by atoms with E-state index < -0.39 is 0 Å². The van der Waals surface area contributed by atoms with Crippen molar-refractivity contribution in [1.82, 2.24) is 20.0 Å². The number of hydrogen-bond donors (Lipinski definition) is 1. The van der Waals surface area contributed by atoms with Crippen LogP contribution in [0.5, 0.6) is 0 Å². The topological polar surface area (TPSA) is 33.1 Å². The van der Waals surface area contributed by atoms with Crippen LogP contribution in [0, 0.1) is 0 Å². The van der Waals surface area contributed by atoms with Gasteiger partial charge in [0.2, 0.25) is 0 Å². The van der Waals surface area contributed by atoms with Crippen molar-refractivity contribution in [2.24, 2.45) is 0 Å². The lowest BCUT2D eigenvalue weighted by molar-refractivity contribution is 0.327. The van der Waals surface area contributed by atoms with E-state index in [-0.39, 0.29) is 0 Å². The van der Waals surface area contributed by atoms with Crippen LogP contribution in [0.15, 0.2) is 12.3 Å². The number of hydrogen-bond acceptors (Lipinski definition) is 3. The van der Waals surface area contributed by atoms with E-state index in [1.54, 1.807) is 0 Å². The van der Waals surface area contributed by atoms with Crippen LogP contribution in [-0.4, -0.2) is 41.4 Å². The standard InChI is InChI=1S/C15H28N4/c1-3-18(2)12-10-16-13-14-9-11-19(17-14)15-7-5-4-6-8-15/h9,11,15-16H,3-8,10,12-13H2,1-2H3. The molecule has 1 saturated carbocycles. The first-order valence-corrected chi connectivity index (χ1v) is 7.73. The summed E-state index contributed by atoms with van der Waals surface area (Å²) in [5, 5.41) is 8.18. The smallest absolute Gasteiger partial charge is 0.0762 e. The second-order valence-electron chi connectivity index (χ2n) is 5.65. The zero-order chi connectivity index (χ0) is 13.5. The predicted octanol–water partition coefficient (Wildman–Crippen LogP) is 2.43. The molecule has 0 unspecified atom stereocenters. The Morgan fingerprint density at radius 2 is 2.16 bits per heavy atom. The third-order valence-electron chi connectivity index (χ3n) is 4.13. The highest BCUT2D eigenvalue weighted by molar-refractivity contribution is 4.99. The Morgan fingerprint density at radius 1 is 1.37 bits per heavy atom. The van der Waals surface area contributed by atoms with Crippen molar-refractivity contribution in [3.63, 3.8) is 0 Å². The quantitative estimate of drug-likeness (QED) is 0.768. The Morgan fingerprint density at radius 3 is 2.89 bits per heavy atom. The highest BCUT2D eigenvalue weighted by Gasteiger charge is 2.15. The molecule has 0 saturated heterocycles. The second kappa shape index (κ2) is 7.65. The van der Waals surface area contributed by atoms with E-state index in [0.717, 1.165) is 26.2 Å². The predicted molar refractivity (Wildman–Crippen MR) is 79.2 cm³/mol. The molecule has 2 rings (SSSR count). The van der Waals surface area contributed by atoms with Gasteiger partial charge in [0.25, 0.3) is 0 Å². The molecule has 1 aromatic heterocycles. The molecule has 0 atom stereocenters. The Balaban J connectivity index is 1.71. The van der Waals surface area contributed by atoms with Crippen LogP contribution >= 0.6 is 0 Å². The minimum atomic E-state index is 0.647. The maximum absolute atomic E-state index is 4.71. The molecule has 1 fully saturated rings. The van der Waals surface area contributed by atoms with Crippen molar-refractivity contribution in [2.75, 3.05) is 26.7 Å². The van der Waals surface area contributed by atoms with Gasteiger partial charge in [0.1, 0.15) is 0 Å². The van der Waals surface area contributed by atoms with Crippen molar-refractivity contribution >= 4 is 0 Å². The van der Waals surface area contributed by atoms with Crippen LogP contribution in [0.25, 0.3) is 0 Å². The van der Waals surface area contributed by atoms with Gasteiger partial charge in [0.05, 0.1) is 11.7 Å². The lowest BCUT2D eigenvalue weighted by atomic mass is 9.96. The Labute approximate surface area is 117 Å². The maximum Gasteiger partial charge on any atom is 0.0762 e. The zero-order valence-electron chi connectivity index (χ0n) is 12.4. The molecule has 1 heterocycles. The zero-order valence-corrected chi connectivity index (χ0v) is 12.4. The van der Waals surface area contributed by atoms with Crippen molar-refractivity contribution in [3.05, 3.63) is 18.0 Å². The van der Waals surface area contributed by atoms with E-state index in [2.05, 4.69) is 41.1 Å². The molecule has 1 aromatic rings. The molecule has 1 aliphatic carbocycles. The summed E-state index contributed by atoms with van der Waals surface area (Å²) >= 11 is 0. The van der Waals surface area contributed by atoms with Crippen LogP contribution in [0.1, 0.15) is 50.8 Å². The summed E-state index contributed by atoms with van der Waals surface area (Å²) in [6.07, 6.45) is 8.89. The normalized spacial score (nSPS) is 17.2. The fourth-order valence-electron chi connectivity index (χ4n) is 2.67. The van der Waals surface area contributed by atoms with Gasteiger partial charge in [-0.05, 0) is 32.5 Å². The fraction of sp³-hybridized carbons (Fsp3) is 0.800. The van der Waals surface area contributed by atoms with Gasteiger partial charge < -0.3 is 10.2 Å². The van der Waals surface area contributed by atoms with Crippen molar-refractivity contribution in [3.8, 4) is 0 Å². The van der Waals surface area contributed by atoms with Crippen LogP contribution in [0.3, 0.4) is 0 Å². The molecule has 0 bridgehead atoms. The number of likely N-dealkylation sites (N-methyl/N-ethyl adjacent to an activating group) is 1. The summed E-state index contributed by atoms with van der Waals surface area (Å²) in [6.45, 7) is 6.31. The Bertz CT molecular complexity index is 355. The third kappa shape index (κ3) is 4.62. The SMILES string of the molecule is CCN(C)CCNCc1ccn(C2CCCCC2)n1. The summed E-state index contributed by atoms with van der Waals surface area (Å²) in [7, 11) is 2.15. The first kappa shape index (κ1) is 14.5. The summed E-state index contributed by atoms with van der Waals surface area (Å²) < 4.78 is 2.19. The molecular formula is C15H28N4. The van der Waals surface area contributed by atoms with Crippen molar-refractivity contribution in [1.29, 1.82) is 0 Å². The highest BCUT2D eigenvalue weighted by Crippen LogP contribution is 2.27.